The van der Waals surface area contributed by atoms with E-state index in [1.165, 1.54) is 5.56 Å². The van der Waals surface area contributed by atoms with Gasteiger partial charge >= 0.3 is 0 Å². The lowest BCUT2D eigenvalue weighted by Crippen LogP contribution is -2.30. The summed E-state index contributed by atoms with van der Waals surface area (Å²) in [7, 11) is 0. The second-order valence-corrected chi connectivity index (χ2v) is 5.03. The molecule has 1 aliphatic rings. The average Bonchev–Trinajstić information content (AvgIpc) is 2.28. The van der Waals surface area contributed by atoms with Gasteiger partial charge in [-0.2, -0.15) is 0 Å². The third-order valence-corrected chi connectivity index (χ3v) is 3.06. The highest BCUT2D eigenvalue weighted by Crippen LogP contribution is 2.27. The van der Waals surface area contributed by atoms with Crippen LogP contribution in [0.4, 0.5) is 0 Å². The summed E-state index contributed by atoms with van der Waals surface area (Å²) < 4.78 is 6.04. The van der Waals surface area contributed by atoms with Crippen molar-refractivity contribution in [1.29, 1.82) is 0 Å². The molecule has 1 aromatic carbocycles. The Morgan fingerprint density at radius 3 is 2.33 bits per heavy atom. The van der Waals surface area contributed by atoms with Crippen LogP contribution in [0.2, 0.25) is 0 Å². The van der Waals surface area contributed by atoms with E-state index in [1.54, 1.807) is 0 Å². The quantitative estimate of drug-likeness (QED) is 0.856. The van der Waals surface area contributed by atoms with Crippen LogP contribution < -0.4 is 10.1 Å². The summed E-state index contributed by atoms with van der Waals surface area (Å²) in [5.41, 5.74) is 4.60. The first-order valence-electron chi connectivity index (χ1n) is 6.30. The number of hydrogen-bond acceptors (Lipinski definition) is 2. The molecule has 18 heavy (non-hydrogen) atoms. The summed E-state index contributed by atoms with van der Waals surface area (Å²) in [5, 5.41) is 3.32. The molecule has 95 valence electrons. The van der Waals surface area contributed by atoms with E-state index in [0.717, 1.165) is 28.3 Å². The van der Waals surface area contributed by atoms with Crippen LogP contribution in [0.5, 0.6) is 5.75 Å². The molecule has 1 unspecified atom stereocenters. The predicted octanol–water partition coefficient (Wildman–Crippen LogP) is 3.57. The average molecular weight is 242 g/mol. The Morgan fingerprint density at radius 1 is 1.11 bits per heavy atom. The first-order valence-corrected chi connectivity index (χ1v) is 6.30. The van der Waals surface area contributed by atoms with Crippen molar-refractivity contribution < 1.29 is 4.74 Å². The lowest BCUT2D eigenvalue weighted by atomic mass is 10.1. The molecule has 1 atom stereocenters. The van der Waals surface area contributed by atoms with Crippen LogP contribution in [0.15, 0.2) is 29.7 Å². The van der Waals surface area contributed by atoms with Crippen LogP contribution in [0.25, 0.3) is 0 Å². The molecule has 2 heteroatoms. The van der Waals surface area contributed by atoms with Crippen LogP contribution in [-0.4, -0.2) is 6.04 Å². The zero-order valence-corrected chi connectivity index (χ0v) is 11.7. The van der Waals surface area contributed by atoms with Gasteiger partial charge in [0.25, 0.3) is 0 Å². The van der Waals surface area contributed by atoms with Gasteiger partial charge < -0.3 is 10.1 Å². The van der Waals surface area contributed by atoms with Crippen molar-refractivity contribution in [3.8, 4) is 5.75 Å². The highest BCUT2D eigenvalue weighted by Gasteiger charge is 2.14. The number of allylic oxidation sites excluding steroid dienone is 2. The Morgan fingerprint density at radius 2 is 1.72 bits per heavy atom. The van der Waals surface area contributed by atoms with E-state index in [2.05, 4.69) is 51.2 Å². The monoisotopic (exact) mass is 242 g/mol. The van der Waals surface area contributed by atoms with Gasteiger partial charge in [-0.25, -0.2) is 0 Å². The van der Waals surface area contributed by atoms with Crippen LogP contribution in [0, 0.1) is 26.8 Å². The van der Waals surface area contributed by atoms with E-state index in [0.29, 0.717) is 0 Å². The van der Waals surface area contributed by atoms with Crippen molar-refractivity contribution in [3.63, 3.8) is 0 Å². The number of hydrogen-bond donors (Lipinski definition) is 1. The molecular formula is C16H20NO. The Hall–Kier alpha value is -1.70. The molecule has 1 aromatic rings. The third-order valence-electron chi connectivity index (χ3n) is 3.06. The number of ether oxygens (including phenoxy) is 1. The molecule has 0 aromatic heterocycles. The molecule has 0 bridgehead atoms. The van der Waals surface area contributed by atoms with E-state index in [-0.39, 0.29) is 6.04 Å². The second kappa shape index (κ2) is 4.89. The van der Waals surface area contributed by atoms with E-state index in [1.807, 2.05) is 13.0 Å². The number of dihydropyridines is 1. The molecular weight excluding hydrogens is 222 g/mol. The standard InChI is InChI=1S/C16H20NO/c1-10-8-12(3)15(13(4)9-10)18-16-11(2)6-7-14(5)17-16/h7-9,14,17H,1-5H3. The Kier molecular flexibility index (Phi) is 3.46. The van der Waals surface area contributed by atoms with Crippen LogP contribution in [0.1, 0.15) is 30.5 Å². The maximum Gasteiger partial charge on any atom is 0.197 e. The van der Waals surface area contributed by atoms with Crippen molar-refractivity contribution in [3.05, 3.63) is 52.4 Å². The molecule has 0 spiro atoms. The van der Waals surface area contributed by atoms with Crippen molar-refractivity contribution in [2.45, 2.75) is 40.7 Å². The number of rotatable bonds is 2. The van der Waals surface area contributed by atoms with Gasteiger partial charge in [0.1, 0.15) is 5.75 Å². The topological polar surface area (TPSA) is 21.3 Å². The van der Waals surface area contributed by atoms with Crippen LogP contribution >= 0.6 is 0 Å². The molecule has 0 saturated heterocycles. The molecule has 1 aliphatic heterocycles. The molecule has 0 amide bonds. The van der Waals surface area contributed by atoms with Gasteiger partial charge in [0, 0.05) is 11.6 Å². The van der Waals surface area contributed by atoms with Crippen molar-refractivity contribution in [1.82, 2.24) is 5.32 Å². The molecule has 0 saturated carbocycles. The minimum Gasteiger partial charge on any atom is -0.441 e. The third kappa shape index (κ3) is 2.58. The fourth-order valence-electron chi connectivity index (χ4n) is 2.21. The summed E-state index contributed by atoms with van der Waals surface area (Å²) in [4.78, 5) is 0. The summed E-state index contributed by atoms with van der Waals surface area (Å²) in [6.45, 7) is 10.3. The maximum absolute atomic E-state index is 6.04. The summed E-state index contributed by atoms with van der Waals surface area (Å²) in [5.74, 6) is 1.75. The van der Waals surface area contributed by atoms with E-state index >= 15 is 0 Å². The smallest absolute Gasteiger partial charge is 0.197 e. The molecule has 1 heterocycles. The summed E-state index contributed by atoms with van der Waals surface area (Å²) >= 11 is 0. The van der Waals surface area contributed by atoms with Crippen molar-refractivity contribution in [2.75, 3.05) is 0 Å². The summed E-state index contributed by atoms with van der Waals surface area (Å²) in [6.07, 6.45) is 5.23. The maximum atomic E-state index is 6.04. The first kappa shape index (κ1) is 12.7. The van der Waals surface area contributed by atoms with E-state index in [4.69, 9.17) is 4.74 Å². The van der Waals surface area contributed by atoms with Crippen LogP contribution in [-0.2, 0) is 0 Å². The Balaban J connectivity index is 2.32. The van der Waals surface area contributed by atoms with Crippen molar-refractivity contribution >= 4 is 0 Å². The van der Waals surface area contributed by atoms with E-state index < -0.39 is 0 Å². The lowest BCUT2D eigenvalue weighted by Gasteiger charge is -2.22. The first-order chi connectivity index (χ1) is 8.47. The SMILES string of the molecule is CC1=C(Oc2c(C)cc(C)cc2C)NC(C)C=[C]1. The fraction of sp³-hybridized carbons (Fsp3) is 0.375. The Labute approximate surface area is 109 Å². The molecule has 2 rings (SSSR count). The predicted molar refractivity (Wildman–Crippen MR) is 74.4 cm³/mol. The van der Waals surface area contributed by atoms with Gasteiger partial charge in [0.15, 0.2) is 5.88 Å². The van der Waals surface area contributed by atoms with Gasteiger partial charge in [-0.15, -0.1) is 0 Å². The van der Waals surface area contributed by atoms with Gasteiger partial charge in [0.2, 0.25) is 0 Å². The van der Waals surface area contributed by atoms with Gasteiger partial charge in [-0.05, 0) is 51.8 Å². The number of benzene rings is 1. The second-order valence-electron chi connectivity index (χ2n) is 5.03. The molecule has 2 nitrogen and oxygen atoms in total. The minimum absolute atomic E-state index is 0.259. The highest BCUT2D eigenvalue weighted by atomic mass is 16.5. The fourth-order valence-corrected chi connectivity index (χ4v) is 2.21. The summed E-state index contributed by atoms with van der Waals surface area (Å²) in [6, 6.07) is 4.54. The normalized spacial score (nSPS) is 18.8. The molecule has 1 radical (unpaired) electrons. The Bertz CT molecular complexity index is 503. The van der Waals surface area contributed by atoms with Gasteiger partial charge in [-0.1, -0.05) is 23.8 Å². The van der Waals surface area contributed by atoms with Crippen molar-refractivity contribution in [2.24, 2.45) is 0 Å². The molecule has 1 N–H and O–H groups in total. The van der Waals surface area contributed by atoms with Gasteiger partial charge in [0.05, 0.1) is 0 Å². The molecule has 0 aliphatic carbocycles. The minimum atomic E-state index is 0.259. The number of aryl methyl sites for hydroxylation is 3. The molecule has 0 fully saturated rings. The zero-order valence-electron chi connectivity index (χ0n) is 11.7. The lowest BCUT2D eigenvalue weighted by molar-refractivity contribution is 0.358. The highest BCUT2D eigenvalue weighted by molar-refractivity contribution is 5.44. The zero-order chi connectivity index (χ0) is 13.3. The number of nitrogens with one attached hydrogen (secondary N) is 1. The largest absolute Gasteiger partial charge is 0.441 e. The van der Waals surface area contributed by atoms with Gasteiger partial charge in [-0.3, -0.25) is 0 Å². The van der Waals surface area contributed by atoms with Crippen LogP contribution in [0.3, 0.4) is 0 Å². The van der Waals surface area contributed by atoms with E-state index in [9.17, 15) is 0 Å².